The fourth-order valence-corrected chi connectivity index (χ4v) is 1.20. The topological polar surface area (TPSA) is 6.48 Å². The molecule has 0 aromatic heterocycles. The van der Waals surface area contributed by atoms with Crippen molar-refractivity contribution in [3.05, 3.63) is 6.54 Å². The zero-order chi connectivity index (χ0) is 9.40. The highest BCUT2D eigenvalue weighted by Gasteiger charge is 1.99. The molecule has 0 amide bonds. The predicted molar refractivity (Wildman–Crippen MR) is 55.0 cm³/mol. The summed E-state index contributed by atoms with van der Waals surface area (Å²) in [5, 5.41) is 0. The normalized spacial score (nSPS) is 11.5. The van der Waals surface area contributed by atoms with Crippen molar-refractivity contribution < 1.29 is 0 Å². The van der Waals surface area contributed by atoms with Gasteiger partial charge in [0.2, 0.25) is 0 Å². The molecule has 0 rings (SSSR count). The van der Waals surface area contributed by atoms with Crippen LogP contribution < -0.4 is 0 Å². The smallest absolute Gasteiger partial charge is 0.0387 e. The summed E-state index contributed by atoms with van der Waals surface area (Å²) in [4.78, 5) is 4.61. The molecule has 0 N–H and O–H groups in total. The first-order valence-corrected chi connectivity index (χ1v) is 4.92. The van der Waals surface area contributed by atoms with Gasteiger partial charge in [-0.05, 0) is 40.0 Å². The van der Waals surface area contributed by atoms with E-state index >= 15 is 0 Å². The lowest BCUT2D eigenvalue weighted by molar-refractivity contribution is 0.301. The Bertz CT molecular complexity index is 81.8. The second-order valence-electron chi connectivity index (χ2n) is 3.43. The Hall–Kier alpha value is -0.0800. The van der Waals surface area contributed by atoms with E-state index in [-0.39, 0.29) is 0 Å². The second-order valence-corrected chi connectivity index (χ2v) is 3.43. The molecule has 0 unspecified atom stereocenters. The third-order valence-electron chi connectivity index (χ3n) is 1.89. The molecule has 0 aromatic carbocycles. The Morgan fingerprint density at radius 3 is 2.08 bits per heavy atom. The fourth-order valence-electron chi connectivity index (χ4n) is 1.20. The van der Waals surface area contributed by atoms with Crippen molar-refractivity contribution >= 4 is 0 Å². The van der Waals surface area contributed by atoms with E-state index in [9.17, 15) is 0 Å². The monoisotopic (exact) mass is 171 g/mol. The maximum absolute atomic E-state index is 2.34. The molecule has 0 aliphatic rings. The van der Waals surface area contributed by atoms with Gasteiger partial charge >= 0.3 is 0 Å². The van der Waals surface area contributed by atoms with Crippen molar-refractivity contribution in [2.45, 2.75) is 26.7 Å². The molecule has 0 fully saturated rings. The van der Waals surface area contributed by atoms with Crippen LogP contribution in [0.5, 0.6) is 0 Å². The van der Waals surface area contributed by atoms with Crippen LogP contribution in [0, 0.1) is 6.54 Å². The van der Waals surface area contributed by atoms with Crippen LogP contribution in [0.25, 0.3) is 0 Å². The Morgan fingerprint density at radius 1 is 1.00 bits per heavy atom. The minimum Gasteiger partial charge on any atom is -0.305 e. The third-order valence-corrected chi connectivity index (χ3v) is 1.89. The van der Waals surface area contributed by atoms with Crippen molar-refractivity contribution in [2.24, 2.45) is 0 Å². The van der Waals surface area contributed by atoms with Gasteiger partial charge in [-0.2, -0.15) is 0 Å². The highest BCUT2D eigenvalue weighted by molar-refractivity contribution is 4.68. The minimum absolute atomic E-state index is 1.07. The second kappa shape index (κ2) is 7.56. The van der Waals surface area contributed by atoms with Gasteiger partial charge in [0.25, 0.3) is 0 Å². The van der Waals surface area contributed by atoms with Gasteiger partial charge in [-0.25, -0.2) is 0 Å². The maximum atomic E-state index is 2.34. The molecule has 2 heteroatoms. The van der Waals surface area contributed by atoms with Gasteiger partial charge in [-0.3, -0.25) is 0 Å². The van der Waals surface area contributed by atoms with Gasteiger partial charge in [-0.15, -0.1) is 0 Å². The van der Waals surface area contributed by atoms with E-state index in [0.717, 1.165) is 6.54 Å². The summed E-state index contributed by atoms with van der Waals surface area (Å²) in [5.74, 6) is 0. The summed E-state index contributed by atoms with van der Waals surface area (Å²) in [6.07, 6.45) is 2.46. The zero-order valence-electron chi connectivity index (χ0n) is 9.01. The number of likely N-dealkylation sites (N-methyl/N-ethyl adjacent to an activating group) is 2. The predicted octanol–water partition coefficient (Wildman–Crippen LogP) is 1.83. The van der Waals surface area contributed by atoms with Gasteiger partial charge in [0.05, 0.1) is 0 Å². The van der Waals surface area contributed by atoms with Gasteiger partial charge < -0.3 is 9.80 Å². The summed E-state index contributed by atoms with van der Waals surface area (Å²) in [6, 6.07) is 0. The first-order valence-electron chi connectivity index (χ1n) is 4.92. The molecule has 0 atom stereocenters. The van der Waals surface area contributed by atoms with Crippen molar-refractivity contribution in [3.8, 4) is 0 Å². The maximum Gasteiger partial charge on any atom is 0.0387 e. The van der Waals surface area contributed by atoms with Crippen molar-refractivity contribution in [1.82, 2.24) is 9.80 Å². The first kappa shape index (κ1) is 11.9. The van der Waals surface area contributed by atoms with Crippen LogP contribution in [-0.2, 0) is 0 Å². The van der Waals surface area contributed by atoms with Crippen LogP contribution in [-0.4, -0.2) is 43.5 Å². The van der Waals surface area contributed by atoms with E-state index in [0.29, 0.717) is 0 Å². The molecule has 0 heterocycles. The molecule has 0 aliphatic heterocycles. The van der Waals surface area contributed by atoms with Gasteiger partial charge in [0.1, 0.15) is 0 Å². The van der Waals surface area contributed by atoms with Crippen molar-refractivity contribution in [1.29, 1.82) is 0 Å². The summed E-state index contributed by atoms with van der Waals surface area (Å²) in [6.45, 7) is 10.1. The standard InChI is InChI=1S/C10H23N2/c1-5-7-11(3)9-10-12(4)8-6-2/h9H,5-8,10H2,1-4H3. The summed E-state index contributed by atoms with van der Waals surface area (Å²) in [5.41, 5.74) is 0. The molecule has 12 heavy (non-hydrogen) atoms. The molecular weight excluding hydrogens is 148 g/mol. The van der Waals surface area contributed by atoms with E-state index in [1.165, 1.54) is 25.9 Å². The summed E-state index contributed by atoms with van der Waals surface area (Å²) >= 11 is 0. The average molecular weight is 171 g/mol. The van der Waals surface area contributed by atoms with Gasteiger partial charge in [0.15, 0.2) is 0 Å². The Labute approximate surface area is 77.5 Å². The quantitative estimate of drug-likeness (QED) is 0.576. The molecule has 0 saturated carbocycles. The zero-order valence-corrected chi connectivity index (χ0v) is 9.01. The molecule has 1 radical (unpaired) electrons. The van der Waals surface area contributed by atoms with Crippen molar-refractivity contribution in [3.63, 3.8) is 0 Å². The van der Waals surface area contributed by atoms with E-state index in [4.69, 9.17) is 0 Å². The lowest BCUT2D eigenvalue weighted by Gasteiger charge is -2.20. The lowest BCUT2D eigenvalue weighted by Crippen LogP contribution is -2.27. The third kappa shape index (κ3) is 6.62. The average Bonchev–Trinajstić information content (AvgIpc) is 2.02. The molecule has 0 spiro atoms. The molecule has 0 aromatic rings. The highest BCUT2D eigenvalue weighted by atomic mass is 15.2. The number of rotatable bonds is 7. The SMILES string of the molecule is CCCN(C)[CH]CN(C)CCC. The number of nitrogens with zero attached hydrogens (tertiary/aromatic N) is 2. The molecule has 0 saturated heterocycles. The molecule has 2 nitrogen and oxygen atoms in total. The molecule has 0 bridgehead atoms. The van der Waals surface area contributed by atoms with Crippen LogP contribution in [0.15, 0.2) is 0 Å². The largest absolute Gasteiger partial charge is 0.305 e. The van der Waals surface area contributed by atoms with Crippen LogP contribution >= 0.6 is 0 Å². The molecule has 73 valence electrons. The van der Waals surface area contributed by atoms with Crippen LogP contribution in [0.3, 0.4) is 0 Å². The number of hydrogen-bond donors (Lipinski definition) is 0. The van der Waals surface area contributed by atoms with Gasteiger partial charge in [0, 0.05) is 13.1 Å². The molecule has 0 aliphatic carbocycles. The lowest BCUT2D eigenvalue weighted by atomic mass is 10.4. The van der Waals surface area contributed by atoms with E-state index in [2.05, 4.69) is 44.3 Å². The summed E-state index contributed by atoms with van der Waals surface area (Å²) in [7, 11) is 4.31. The Balaban J connectivity index is 3.27. The minimum atomic E-state index is 1.07. The van der Waals surface area contributed by atoms with Crippen LogP contribution in [0.2, 0.25) is 0 Å². The van der Waals surface area contributed by atoms with Crippen molar-refractivity contribution in [2.75, 3.05) is 33.7 Å². The van der Waals surface area contributed by atoms with E-state index < -0.39 is 0 Å². The fraction of sp³-hybridized carbons (Fsp3) is 0.900. The first-order chi connectivity index (χ1) is 5.70. The highest BCUT2D eigenvalue weighted by Crippen LogP contribution is 1.94. The van der Waals surface area contributed by atoms with E-state index in [1.807, 2.05) is 0 Å². The number of hydrogen-bond acceptors (Lipinski definition) is 2. The van der Waals surface area contributed by atoms with E-state index in [1.54, 1.807) is 0 Å². The van der Waals surface area contributed by atoms with Crippen LogP contribution in [0.4, 0.5) is 0 Å². The van der Waals surface area contributed by atoms with Gasteiger partial charge in [-0.1, -0.05) is 13.8 Å². The molecular formula is C10H23N2. The Kier molecular flexibility index (Phi) is 7.51. The van der Waals surface area contributed by atoms with Crippen LogP contribution in [0.1, 0.15) is 26.7 Å². The summed E-state index contributed by atoms with van der Waals surface area (Å²) < 4.78 is 0. The Morgan fingerprint density at radius 2 is 1.58 bits per heavy atom.